The van der Waals surface area contributed by atoms with E-state index in [1.165, 1.54) is 12.8 Å². The summed E-state index contributed by atoms with van der Waals surface area (Å²) in [6.07, 6.45) is 2.54. The fraction of sp³-hybridized carbons (Fsp3) is 0.538. The van der Waals surface area contributed by atoms with Crippen LogP contribution in [0.2, 0.25) is 5.02 Å². The van der Waals surface area contributed by atoms with Gasteiger partial charge in [-0.3, -0.25) is 0 Å². The highest BCUT2D eigenvalue weighted by atomic mass is 35.5. The third kappa shape index (κ3) is 2.69. The number of benzene rings is 1. The van der Waals surface area contributed by atoms with Gasteiger partial charge in [-0.2, -0.15) is 0 Å². The van der Waals surface area contributed by atoms with E-state index in [0.717, 1.165) is 23.8 Å². The largest absolute Gasteiger partial charge is 0.492 e. The Morgan fingerprint density at radius 1 is 1.50 bits per heavy atom. The van der Waals surface area contributed by atoms with Gasteiger partial charge >= 0.3 is 0 Å². The van der Waals surface area contributed by atoms with Crippen molar-refractivity contribution in [1.29, 1.82) is 0 Å². The first kappa shape index (κ1) is 11.7. The van der Waals surface area contributed by atoms with Crippen LogP contribution in [0, 0.1) is 5.92 Å². The van der Waals surface area contributed by atoms with Crippen molar-refractivity contribution in [1.82, 2.24) is 0 Å². The Balaban J connectivity index is 2.11. The van der Waals surface area contributed by atoms with E-state index < -0.39 is 0 Å². The summed E-state index contributed by atoms with van der Waals surface area (Å²) in [4.78, 5) is 0. The van der Waals surface area contributed by atoms with Crippen molar-refractivity contribution in [2.45, 2.75) is 25.7 Å². The van der Waals surface area contributed by atoms with Crippen LogP contribution in [0.5, 0.6) is 5.75 Å². The Labute approximate surface area is 101 Å². The van der Waals surface area contributed by atoms with E-state index in [4.69, 9.17) is 21.4 Å². The molecule has 1 aliphatic carbocycles. The molecule has 1 aliphatic rings. The van der Waals surface area contributed by atoms with Crippen molar-refractivity contribution in [2.75, 3.05) is 13.2 Å². The quantitative estimate of drug-likeness (QED) is 0.856. The number of halogens is 1. The highest BCUT2D eigenvalue weighted by Gasteiger charge is 2.22. The first-order valence-electron chi connectivity index (χ1n) is 5.74. The lowest BCUT2D eigenvalue weighted by Crippen LogP contribution is -2.03. The number of hydrogen-bond donors (Lipinski definition) is 1. The molecule has 1 aromatic carbocycles. The van der Waals surface area contributed by atoms with Crippen LogP contribution < -0.4 is 4.74 Å². The minimum Gasteiger partial charge on any atom is -0.492 e. The van der Waals surface area contributed by atoms with Crippen molar-refractivity contribution in [3.63, 3.8) is 0 Å². The van der Waals surface area contributed by atoms with Gasteiger partial charge in [0, 0.05) is 12.5 Å². The summed E-state index contributed by atoms with van der Waals surface area (Å²) in [5.41, 5.74) is 0.956. The van der Waals surface area contributed by atoms with E-state index >= 15 is 0 Å². The fourth-order valence-electron chi connectivity index (χ4n) is 1.61. The normalized spacial score (nSPS) is 17.2. The number of aliphatic hydroxyl groups excluding tert-OH is 1. The molecular weight excluding hydrogens is 224 g/mol. The summed E-state index contributed by atoms with van der Waals surface area (Å²) in [6, 6.07) is 5.75. The number of ether oxygens (including phenoxy) is 1. The topological polar surface area (TPSA) is 29.5 Å². The second-order valence-electron chi connectivity index (χ2n) is 4.50. The zero-order valence-electron chi connectivity index (χ0n) is 9.45. The maximum absolute atomic E-state index is 9.13. The Bertz CT molecular complexity index is 361. The van der Waals surface area contributed by atoms with Gasteiger partial charge in [-0.25, -0.2) is 0 Å². The van der Waals surface area contributed by atoms with E-state index in [1.54, 1.807) is 0 Å². The van der Waals surface area contributed by atoms with Crippen molar-refractivity contribution < 1.29 is 9.84 Å². The van der Waals surface area contributed by atoms with Crippen LogP contribution in [-0.4, -0.2) is 18.3 Å². The van der Waals surface area contributed by atoms with Crippen molar-refractivity contribution in [3.05, 3.63) is 28.8 Å². The van der Waals surface area contributed by atoms with Crippen LogP contribution in [0.25, 0.3) is 0 Å². The third-order valence-electron chi connectivity index (χ3n) is 2.97. The Kier molecular flexibility index (Phi) is 3.72. The van der Waals surface area contributed by atoms with E-state index in [0.29, 0.717) is 5.02 Å². The van der Waals surface area contributed by atoms with E-state index in [9.17, 15) is 0 Å². The molecule has 0 amide bonds. The zero-order valence-corrected chi connectivity index (χ0v) is 10.2. The molecule has 0 bridgehead atoms. The first-order valence-corrected chi connectivity index (χ1v) is 6.12. The van der Waals surface area contributed by atoms with E-state index in [2.05, 4.69) is 0 Å². The van der Waals surface area contributed by atoms with Crippen LogP contribution >= 0.6 is 11.6 Å². The molecule has 0 aromatic heterocycles. The summed E-state index contributed by atoms with van der Waals surface area (Å²) in [6.45, 7) is 2.81. The van der Waals surface area contributed by atoms with Crippen molar-refractivity contribution in [2.24, 2.45) is 5.92 Å². The maximum atomic E-state index is 9.13. The molecule has 88 valence electrons. The monoisotopic (exact) mass is 240 g/mol. The minimum atomic E-state index is 0.0528. The molecule has 0 spiro atoms. The summed E-state index contributed by atoms with van der Waals surface area (Å²) < 4.78 is 5.68. The second-order valence-corrected chi connectivity index (χ2v) is 4.88. The molecule has 3 heteroatoms. The first-order chi connectivity index (χ1) is 7.72. The standard InChI is InChI=1S/C13H17ClO2/c1-9(7-15)11-3-2-4-12(13(11)14)16-8-10-5-6-10/h2-4,9-10,15H,5-8H2,1H3. The fourth-order valence-corrected chi connectivity index (χ4v) is 1.98. The average Bonchev–Trinajstić information content (AvgIpc) is 3.10. The number of aliphatic hydroxyl groups is 1. The Morgan fingerprint density at radius 2 is 2.25 bits per heavy atom. The van der Waals surface area contributed by atoms with Crippen molar-refractivity contribution in [3.8, 4) is 5.75 Å². The van der Waals surface area contributed by atoms with Gasteiger partial charge in [0.2, 0.25) is 0 Å². The van der Waals surface area contributed by atoms with Crippen LogP contribution in [0.1, 0.15) is 31.2 Å². The van der Waals surface area contributed by atoms with Crippen LogP contribution in [-0.2, 0) is 0 Å². The van der Waals surface area contributed by atoms with Gasteiger partial charge in [-0.15, -0.1) is 0 Å². The Hall–Kier alpha value is -0.730. The lowest BCUT2D eigenvalue weighted by Gasteiger charge is -2.14. The second kappa shape index (κ2) is 5.07. The molecule has 1 unspecified atom stereocenters. The summed E-state index contributed by atoms with van der Waals surface area (Å²) in [5, 5.41) is 9.78. The highest BCUT2D eigenvalue weighted by Crippen LogP contribution is 2.35. The smallest absolute Gasteiger partial charge is 0.138 e. The Morgan fingerprint density at radius 3 is 2.88 bits per heavy atom. The van der Waals surface area contributed by atoms with Crippen LogP contribution in [0.4, 0.5) is 0 Å². The lowest BCUT2D eigenvalue weighted by atomic mass is 10.0. The molecule has 1 aromatic rings. The molecule has 0 aliphatic heterocycles. The molecule has 2 rings (SSSR count). The molecule has 1 saturated carbocycles. The molecule has 2 nitrogen and oxygen atoms in total. The van der Waals surface area contributed by atoms with Gasteiger partial charge in [0.25, 0.3) is 0 Å². The van der Waals surface area contributed by atoms with Crippen LogP contribution in [0.3, 0.4) is 0 Å². The van der Waals surface area contributed by atoms with Gasteiger partial charge < -0.3 is 9.84 Å². The molecule has 1 atom stereocenters. The molecule has 16 heavy (non-hydrogen) atoms. The molecule has 0 heterocycles. The molecule has 0 radical (unpaired) electrons. The summed E-state index contributed by atoms with van der Waals surface area (Å²) in [5.74, 6) is 1.51. The van der Waals surface area contributed by atoms with Crippen molar-refractivity contribution >= 4 is 11.6 Å². The van der Waals surface area contributed by atoms with Crippen LogP contribution in [0.15, 0.2) is 18.2 Å². The van der Waals surface area contributed by atoms with Gasteiger partial charge in [0.1, 0.15) is 5.75 Å². The third-order valence-corrected chi connectivity index (χ3v) is 3.37. The van der Waals surface area contributed by atoms with Gasteiger partial charge in [-0.05, 0) is 30.4 Å². The number of rotatable bonds is 5. The molecule has 1 fully saturated rings. The van der Waals surface area contributed by atoms with Gasteiger partial charge in [-0.1, -0.05) is 30.7 Å². The van der Waals surface area contributed by atoms with E-state index in [1.807, 2.05) is 25.1 Å². The predicted molar refractivity (Wildman–Crippen MR) is 65.2 cm³/mol. The molecule has 1 N–H and O–H groups in total. The van der Waals surface area contributed by atoms with Gasteiger partial charge in [0.15, 0.2) is 0 Å². The lowest BCUT2D eigenvalue weighted by molar-refractivity contribution is 0.272. The predicted octanol–water partition coefficient (Wildman–Crippen LogP) is 3.22. The molecule has 0 saturated heterocycles. The zero-order chi connectivity index (χ0) is 11.5. The number of hydrogen-bond acceptors (Lipinski definition) is 2. The highest BCUT2D eigenvalue weighted by molar-refractivity contribution is 6.32. The van der Waals surface area contributed by atoms with Gasteiger partial charge in [0.05, 0.1) is 11.6 Å². The average molecular weight is 241 g/mol. The minimum absolute atomic E-state index is 0.0528. The molecular formula is C13H17ClO2. The maximum Gasteiger partial charge on any atom is 0.138 e. The summed E-state index contributed by atoms with van der Waals surface area (Å²) >= 11 is 6.25. The van der Waals surface area contributed by atoms with E-state index in [-0.39, 0.29) is 12.5 Å². The summed E-state index contributed by atoms with van der Waals surface area (Å²) in [7, 11) is 0. The SMILES string of the molecule is CC(CO)c1cccc(OCC2CC2)c1Cl.